The molecule has 1 aromatic carbocycles. The summed E-state index contributed by atoms with van der Waals surface area (Å²) >= 11 is 0. The van der Waals surface area contributed by atoms with Gasteiger partial charge in [0.15, 0.2) is 18.1 Å². The van der Waals surface area contributed by atoms with Crippen molar-refractivity contribution in [2.75, 3.05) is 20.8 Å². The van der Waals surface area contributed by atoms with Crippen molar-refractivity contribution >= 4 is 11.9 Å². The molecule has 0 atom stereocenters. The minimum Gasteiger partial charge on any atom is -0.493 e. The van der Waals surface area contributed by atoms with Crippen molar-refractivity contribution in [3.05, 3.63) is 23.8 Å². The minimum absolute atomic E-state index is 0.241. The Kier molecular flexibility index (Phi) is 8.95. The van der Waals surface area contributed by atoms with E-state index < -0.39 is 0 Å². The Morgan fingerprint density at radius 1 is 1.07 bits per heavy atom. The molecule has 1 aromatic rings. The fraction of sp³-hybridized carbons (Fsp3) is 0.619. The maximum absolute atomic E-state index is 11.9. The van der Waals surface area contributed by atoms with Gasteiger partial charge < -0.3 is 19.5 Å². The summed E-state index contributed by atoms with van der Waals surface area (Å²) < 4.78 is 15.5. The average Bonchev–Trinajstić information content (AvgIpc) is 2.71. The predicted molar refractivity (Wildman–Crippen MR) is 103 cm³/mol. The van der Waals surface area contributed by atoms with Gasteiger partial charge in [-0.1, -0.05) is 38.2 Å². The number of hydrogen-bond donors (Lipinski definition) is 1. The zero-order valence-corrected chi connectivity index (χ0v) is 16.4. The summed E-state index contributed by atoms with van der Waals surface area (Å²) in [7, 11) is 3.14. The fourth-order valence-electron chi connectivity index (χ4n) is 3.47. The number of carbonyl (C=O) groups excluding carboxylic acids is 2. The van der Waals surface area contributed by atoms with Crippen molar-refractivity contribution in [1.82, 2.24) is 5.32 Å². The molecule has 1 N–H and O–H groups in total. The standard InChI is InChI=1S/C21H31NO5/c1-25-18-12-11-17(13-19(18)26-2)14-22-20(23)15-27-21(24)10-6-9-16-7-4-3-5-8-16/h11-13,16H,3-10,14-15H2,1-2H3,(H,22,23). The third-order valence-electron chi connectivity index (χ3n) is 5.02. The summed E-state index contributed by atoms with van der Waals surface area (Å²) in [6, 6.07) is 5.43. The zero-order valence-electron chi connectivity index (χ0n) is 16.4. The first-order valence-electron chi connectivity index (χ1n) is 9.75. The lowest BCUT2D eigenvalue weighted by atomic mass is 9.86. The number of esters is 1. The van der Waals surface area contributed by atoms with Crippen molar-refractivity contribution in [3.63, 3.8) is 0 Å². The lowest BCUT2D eigenvalue weighted by Gasteiger charge is -2.20. The van der Waals surface area contributed by atoms with Crippen LogP contribution >= 0.6 is 0 Å². The van der Waals surface area contributed by atoms with Crippen LogP contribution in [0.3, 0.4) is 0 Å². The van der Waals surface area contributed by atoms with Crippen LogP contribution in [0, 0.1) is 5.92 Å². The first kappa shape index (κ1) is 21.1. The average molecular weight is 377 g/mol. The lowest BCUT2D eigenvalue weighted by Crippen LogP contribution is -2.28. The monoisotopic (exact) mass is 377 g/mol. The van der Waals surface area contributed by atoms with Crippen LogP contribution in [0.1, 0.15) is 56.9 Å². The third kappa shape index (κ3) is 7.49. The molecule has 1 saturated carbocycles. The Morgan fingerprint density at radius 3 is 2.52 bits per heavy atom. The smallest absolute Gasteiger partial charge is 0.306 e. The SMILES string of the molecule is COc1ccc(CNC(=O)COC(=O)CCCC2CCCCC2)cc1OC. The highest BCUT2D eigenvalue weighted by Crippen LogP contribution is 2.28. The van der Waals surface area contributed by atoms with Crippen molar-refractivity contribution in [2.45, 2.75) is 57.9 Å². The Labute approximate surface area is 161 Å². The van der Waals surface area contributed by atoms with Crippen molar-refractivity contribution in [3.8, 4) is 11.5 Å². The van der Waals surface area contributed by atoms with Crippen molar-refractivity contribution < 1.29 is 23.8 Å². The molecular formula is C21H31NO5. The fourth-order valence-corrected chi connectivity index (χ4v) is 3.47. The molecule has 0 spiro atoms. The number of carbonyl (C=O) groups is 2. The first-order chi connectivity index (χ1) is 13.1. The van der Waals surface area contributed by atoms with Gasteiger partial charge in [-0.05, 0) is 36.5 Å². The van der Waals surface area contributed by atoms with Gasteiger partial charge in [0, 0.05) is 13.0 Å². The molecule has 1 aliphatic rings. The molecule has 0 aliphatic heterocycles. The maximum Gasteiger partial charge on any atom is 0.306 e. The van der Waals surface area contributed by atoms with Crippen LogP contribution in [0.4, 0.5) is 0 Å². The molecule has 1 amide bonds. The van der Waals surface area contributed by atoms with Crippen LogP contribution in [-0.2, 0) is 20.9 Å². The molecule has 1 fully saturated rings. The molecule has 0 saturated heterocycles. The maximum atomic E-state index is 11.9. The number of nitrogens with one attached hydrogen (secondary N) is 1. The molecule has 0 radical (unpaired) electrons. The van der Waals surface area contributed by atoms with Gasteiger partial charge in [-0.15, -0.1) is 0 Å². The van der Waals surface area contributed by atoms with Crippen LogP contribution in [0.25, 0.3) is 0 Å². The van der Waals surface area contributed by atoms with Crippen LogP contribution in [0.5, 0.6) is 11.5 Å². The number of benzene rings is 1. The molecule has 2 rings (SSSR count). The topological polar surface area (TPSA) is 73.9 Å². The van der Waals surface area contributed by atoms with E-state index in [1.807, 2.05) is 6.07 Å². The van der Waals surface area contributed by atoms with Gasteiger partial charge in [-0.3, -0.25) is 9.59 Å². The molecule has 0 aromatic heterocycles. The van der Waals surface area contributed by atoms with E-state index in [0.717, 1.165) is 24.3 Å². The van der Waals surface area contributed by atoms with E-state index in [2.05, 4.69) is 5.32 Å². The molecule has 0 heterocycles. The summed E-state index contributed by atoms with van der Waals surface area (Å²) in [4.78, 5) is 23.7. The normalized spacial score (nSPS) is 14.4. The minimum atomic E-state index is -0.314. The predicted octanol–water partition coefficient (Wildman–Crippen LogP) is 3.61. The van der Waals surface area contributed by atoms with E-state index >= 15 is 0 Å². The summed E-state index contributed by atoms with van der Waals surface area (Å²) in [6.45, 7) is 0.0912. The van der Waals surface area contributed by atoms with Crippen LogP contribution < -0.4 is 14.8 Å². The van der Waals surface area contributed by atoms with Crippen LogP contribution in [-0.4, -0.2) is 32.7 Å². The zero-order chi connectivity index (χ0) is 19.5. The van der Waals surface area contributed by atoms with Gasteiger partial charge >= 0.3 is 5.97 Å². The quantitative estimate of drug-likeness (QED) is 0.631. The van der Waals surface area contributed by atoms with E-state index in [1.165, 1.54) is 32.1 Å². The van der Waals surface area contributed by atoms with Crippen molar-refractivity contribution in [1.29, 1.82) is 0 Å². The van der Waals surface area contributed by atoms with E-state index in [4.69, 9.17) is 14.2 Å². The second-order valence-electron chi connectivity index (χ2n) is 7.02. The molecule has 150 valence electrons. The van der Waals surface area contributed by atoms with Crippen molar-refractivity contribution in [2.24, 2.45) is 5.92 Å². The third-order valence-corrected chi connectivity index (χ3v) is 5.02. The first-order valence-corrected chi connectivity index (χ1v) is 9.75. The second kappa shape index (κ2) is 11.5. The molecule has 0 unspecified atom stereocenters. The highest BCUT2D eigenvalue weighted by atomic mass is 16.5. The molecule has 0 bridgehead atoms. The highest BCUT2D eigenvalue weighted by molar-refractivity contribution is 5.80. The number of amides is 1. The summed E-state index contributed by atoms with van der Waals surface area (Å²) in [5, 5.41) is 2.74. The van der Waals surface area contributed by atoms with Crippen LogP contribution in [0.2, 0.25) is 0 Å². The molecule has 27 heavy (non-hydrogen) atoms. The van der Waals surface area contributed by atoms with Gasteiger partial charge in [0.25, 0.3) is 5.91 Å². The number of ether oxygens (including phenoxy) is 3. The molecule has 1 aliphatic carbocycles. The second-order valence-corrected chi connectivity index (χ2v) is 7.02. The summed E-state index contributed by atoms with van der Waals surface area (Å²) in [6.07, 6.45) is 8.86. The Morgan fingerprint density at radius 2 is 1.81 bits per heavy atom. The van der Waals surface area contributed by atoms with Gasteiger partial charge in [0.05, 0.1) is 14.2 Å². The number of methoxy groups -OCH3 is 2. The van der Waals surface area contributed by atoms with E-state index in [-0.39, 0.29) is 18.5 Å². The van der Waals surface area contributed by atoms with Gasteiger partial charge in [0.1, 0.15) is 0 Å². The molecular weight excluding hydrogens is 346 g/mol. The van der Waals surface area contributed by atoms with Gasteiger partial charge in [-0.2, -0.15) is 0 Å². The van der Waals surface area contributed by atoms with E-state index in [0.29, 0.717) is 24.5 Å². The van der Waals surface area contributed by atoms with Gasteiger partial charge in [0.2, 0.25) is 0 Å². The largest absolute Gasteiger partial charge is 0.493 e. The number of hydrogen-bond acceptors (Lipinski definition) is 5. The Balaban J connectivity index is 1.61. The Bertz CT molecular complexity index is 611. The van der Waals surface area contributed by atoms with Gasteiger partial charge in [-0.25, -0.2) is 0 Å². The highest BCUT2D eigenvalue weighted by Gasteiger charge is 2.14. The lowest BCUT2D eigenvalue weighted by molar-refractivity contribution is -0.148. The van der Waals surface area contributed by atoms with E-state index in [1.54, 1.807) is 26.4 Å². The summed E-state index contributed by atoms with van der Waals surface area (Å²) in [5.41, 5.74) is 0.875. The summed E-state index contributed by atoms with van der Waals surface area (Å²) in [5.74, 6) is 1.39. The number of rotatable bonds is 10. The Hall–Kier alpha value is -2.24. The molecule has 6 heteroatoms. The molecule has 6 nitrogen and oxygen atoms in total. The van der Waals surface area contributed by atoms with Crippen LogP contribution in [0.15, 0.2) is 18.2 Å². The van der Waals surface area contributed by atoms with E-state index in [9.17, 15) is 9.59 Å².